The summed E-state index contributed by atoms with van der Waals surface area (Å²) >= 11 is 10.8. The largest absolute Gasteiger partial charge is 0.299 e. The van der Waals surface area contributed by atoms with Gasteiger partial charge in [-0.05, 0) is 39.7 Å². The zero-order valence-corrected chi connectivity index (χ0v) is 12.1. The number of halogens is 2. The van der Waals surface area contributed by atoms with Gasteiger partial charge >= 0.3 is 0 Å². The Labute approximate surface area is 118 Å². The Bertz CT molecular complexity index is 518. The molecule has 0 N–H and O–H groups in total. The number of hydrogen-bond acceptors (Lipinski definition) is 2. The maximum atomic E-state index is 11.8. The fraction of sp³-hybridized carbons (Fsp3) is 0.154. The van der Waals surface area contributed by atoms with Gasteiger partial charge in [0.1, 0.15) is 5.78 Å². The van der Waals surface area contributed by atoms with Crippen LogP contribution in [0.5, 0.6) is 0 Å². The van der Waals surface area contributed by atoms with Crippen LogP contribution in [0.1, 0.15) is 10.4 Å². The zero-order chi connectivity index (χ0) is 12.3. The Balaban J connectivity index is 1.95. The van der Waals surface area contributed by atoms with Gasteiger partial charge in [-0.3, -0.25) is 4.79 Å². The normalized spacial score (nSPS) is 10.5. The second-order valence-electron chi connectivity index (χ2n) is 3.75. The molecule has 0 radical (unpaired) electrons. The first-order chi connectivity index (χ1) is 8.13. The molecule has 2 aromatic rings. The minimum absolute atomic E-state index is 0.224. The second kappa shape index (κ2) is 5.80. The first-order valence-electron chi connectivity index (χ1n) is 5.12. The van der Waals surface area contributed by atoms with E-state index in [9.17, 15) is 4.79 Å². The maximum Gasteiger partial charge on any atom is 0.142 e. The first-order valence-corrected chi connectivity index (χ1v) is 7.17. The van der Waals surface area contributed by atoms with Gasteiger partial charge in [0.05, 0.1) is 0 Å². The lowest BCUT2D eigenvalue weighted by Crippen LogP contribution is -2.05. The van der Waals surface area contributed by atoms with Gasteiger partial charge in [0.25, 0.3) is 0 Å². The molecule has 88 valence electrons. The van der Waals surface area contributed by atoms with Crippen molar-refractivity contribution in [2.45, 2.75) is 12.8 Å². The third-order valence-corrected chi connectivity index (χ3v) is 4.26. The Hall–Kier alpha value is -0.640. The van der Waals surface area contributed by atoms with Gasteiger partial charge < -0.3 is 0 Å². The van der Waals surface area contributed by atoms with Crippen molar-refractivity contribution in [2.75, 3.05) is 0 Å². The molecule has 0 aliphatic heterocycles. The molecule has 1 nitrogen and oxygen atoms in total. The molecule has 0 aliphatic rings. The van der Waals surface area contributed by atoms with Gasteiger partial charge in [0.15, 0.2) is 0 Å². The van der Waals surface area contributed by atoms with Crippen molar-refractivity contribution >= 4 is 44.7 Å². The van der Waals surface area contributed by atoms with Gasteiger partial charge in [-0.15, -0.1) is 11.3 Å². The number of thiophene rings is 1. The van der Waals surface area contributed by atoms with Crippen LogP contribution in [0.15, 0.2) is 40.2 Å². The molecule has 0 fully saturated rings. The molecule has 1 aromatic carbocycles. The van der Waals surface area contributed by atoms with Crippen LogP contribution in [0.4, 0.5) is 0 Å². The Kier molecular flexibility index (Phi) is 4.37. The molecule has 1 aromatic heterocycles. The zero-order valence-electron chi connectivity index (χ0n) is 8.95. The molecule has 4 heteroatoms. The molecule has 2 rings (SSSR count). The van der Waals surface area contributed by atoms with Crippen LogP contribution in [0.2, 0.25) is 5.02 Å². The third kappa shape index (κ3) is 3.95. The lowest BCUT2D eigenvalue weighted by atomic mass is 10.1. The predicted octanol–water partition coefficient (Wildman–Crippen LogP) is 4.52. The van der Waals surface area contributed by atoms with E-state index in [0.717, 1.165) is 14.9 Å². The van der Waals surface area contributed by atoms with Crippen LogP contribution in [0, 0.1) is 0 Å². The summed E-state index contributed by atoms with van der Waals surface area (Å²) in [7, 11) is 0. The standard InChI is InChI=1S/C13H10BrClOS/c14-10-6-13(17-8-10)7-12(16)5-9-1-3-11(15)4-2-9/h1-4,6,8H,5,7H2. The van der Waals surface area contributed by atoms with Crippen molar-refractivity contribution in [1.82, 2.24) is 0 Å². The van der Waals surface area contributed by atoms with Crippen molar-refractivity contribution in [1.29, 1.82) is 0 Å². The van der Waals surface area contributed by atoms with Gasteiger partial charge in [-0.1, -0.05) is 23.7 Å². The predicted molar refractivity (Wildman–Crippen MR) is 75.9 cm³/mol. The SMILES string of the molecule is O=C(Cc1ccc(Cl)cc1)Cc1cc(Br)cs1. The fourth-order valence-electron chi connectivity index (χ4n) is 1.53. The van der Waals surface area contributed by atoms with Gasteiger partial charge in [0, 0.05) is 32.6 Å². The summed E-state index contributed by atoms with van der Waals surface area (Å²) in [6.45, 7) is 0. The molecular formula is C13H10BrClOS. The molecule has 1 heterocycles. The maximum absolute atomic E-state index is 11.8. The Morgan fingerprint density at radius 3 is 2.53 bits per heavy atom. The minimum Gasteiger partial charge on any atom is -0.299 e. The van der Waals surface area contributed by atoms with Crippen molar-refractivity contribution in [3.63, 3.8) is 0 Å². The third-order valence-electron chi connectivity index (χ3n) is 2.31. The van der Waals surface area contributed by atoms with Crippen LogP contribution >= 0.6 is 38.9 Å². The number of rotatable bonds is 4. The van der Waals surface area contributed by atoms with Crippen LogP contribution in [0.25, 0.3) is 0 Å². The average molecular weight is 330 g/mol. The van der Waals surface area contributed by atoms with E-state index in [1.165, 1.54) is 0 Å². The van der Waals surface area contributed by atoms with E-state index in [4.69, 9.17) is 11.6 Å². The van der Waals surface area contributed by atoms with Crippen LogP contribution in [0.3, 0.4) is 0 Å². The van der Waals surface area contributed by atoms with Crippen molar-refractivity contribution < 1.29 is 4.79 Å². The summed E-state index contributed by atoms with van der Waals surface area (Å²) in [5, 5.41) is 2.69. The van der Waals surface area contributed by atoms with Gasteiger partial charge in [0.2, 0.25) is 0 Å². The molecule has 0 saturated carbocycles. The molecule has 0 aliphatic carbocycles. The monoisotopic (exact) mass is 328 g/mol. The number of benzene rings is 1. The fourth-order valence-corrected chi connectivity index (χ4v) is 3.14. The summed E-state index contributed by atoms with van der Waals surface area (Å²) in [5.74, 6) is 0.224. The lowest BCUT2D eigenvalue weighted by molar-refractivity contribution is -0.117. The van der Waals surface area contributed by atoms with E-state index < -0.39 is 0 Å². The average Bonchev–Trinajstić information content (AvgIpc) is 2.67. The first kappa shape index (κ1) is 12.8. The Morgan fingerprint density at radius 1 is 1.24 bits per heavy atom. The van der Waals surface area contributed by atoms with E-state index >= 15 is 0 Å². The highest BCUT2D eigenvalue weighted by atomic mass is 79.9. The molecule has 17 heavy (non-hydrogen) atoms. The number of hydrogen-bond donors (Lipinski definition) is 0. The molecule has 0 bridgehead atoms. The number of carbonyl (C=O) groups is 1. The molecule has 0 spiro atoms. The van der Waals surface area contributed by atoms with Crippen molar-refractivity contribution in [3.8, 4) is 0 Å². The summed E-state index contributed by atoms with van der Waals surface area (Å²) in [6, 6.07) is 9.40. The number of Topliss-reactive ketones (excluding diaryl/α,β-unsaturated/α-hetero) is 1. The summed E-state index contributed by atoms with van der Waals surface area (Å²) < 4.78 is 1.04. The quantitative estimate of drug-likeness (QED) is 0.806. The second-order valence-corrected chi connectivity index (χ2v) is 6.10. The minimum atomic E-state index is 0.224. The van der Waals surface area contributed by atoms with E-state index in [-0.39, 0.29) is 5.78 Å². The van der Waals surface area contributed by atoms with E-state index in [1.54, 1.807) is 11.3 Å². The summed E-state index contributed by atoms with van der Waals surface area (Å²) in [6.07, 6.45) is 0.964. The molecular weight excluding hydrogens is 320 g/mol. The number of carbonyl (C=O) groups excluding carboxylic acids is 1. The molecule has 0 amide bonds. The Morgan fingerprint density at radius 2 is 1.94 bits per heavy atom. The highest BCUT2D eigenvalue weighted by molar-refractivity contribution is 9.10. The van der Waals surface area contributed by atoms with Gasteiger partial charge in [-0.25, -0.2) is 0 Å². The van der Waals surface area contributed by atoms with Gasteiger partial charge in [-0.2, -0.15) is 0 Å². The molecule has 0 saturated heterocycles. The highest BCUT2D eigenvalue weighted by Crippen LogP contribution is 2.20. The summed E-state index contributed by atoms with van der Waals surface area (Å²) in [5.41, 5.74) is 1.01. The van der Waals surface area contributed by atoms with Crippen molar-refractivity contribution in [3.05, 3.63) is 55.6 Å². The topological polar surface area (TPSA) is 17.1 Å². The smallest absolute Gasteiger partial charge is 0.142 e. The summed E-state index contributed by atoms with van der Waals surface area (Å²) in [4.78, 5) is 12.9. The van der Waals surface area contributed by atoms with Crippen molar-refractivity contribution in [2.24, 2.45) is 0 Å². The van der Waals surface area contributed by atoms with Crippen LogP contribution in [-0.2, 0) is 17.6 Å². The highest BCUT2D eigenvalue weighted by Gasteiger charge is 2.07. The lowest BCUT2D eigenvalue weighted by Gasteiger charge is -2.00. The van der Waals surface area contributed by atoms with E-state index in [2.05, 4.69) is 15.9 Å². The van der Waals surface area contributed by atoms with E-state index in [0.29, 0.717) is 17.9 Å². The van der Waals surface area contributed by atoms with Crippen LogP contribution in [-0.4, -0.2) is 5.78 Å². The molecule has 0 atom stereocenters. The van der Waals surface area contributed by atoms with E-state index in [1.807, 2.05) is 35.7 Å². The van der Waals surface area contributed by atoms with Crippen LogP contribution < -0.4 is 0 Å². The number of ketones is 1. The molecule has 0 unspecified atom stereocenters.